The average molecular weight is 266 g/mol. The van der Waals surface area contributed by atoms with E-state index in [0.29, 0.717) is 23.4 Å². The van der Waals surface area contributed by atoms with Crippen LogP contribution in [0, 0.1) is 6.92 Å². The smallest absolute Gasteiger partial charge is 0.338 e. The quantitative estimate of drug-likeness (QED) is 0.671. The number of benzene rings is 1. The zero-order valence-corrected chi connectivity index (χ0v) is 11.0. The number of anilines is 1. The van der Waals surface area contributed by atoms with Crippen molar-refractivity contribution in [2.75, 3.05) is 18.5 Å². The molecule has 1 aromatic rings. The van der Waals surface area contributed by atoms with Crippen molar-refractivity contribution in [3.63, 3.8) is 0 Å². The molecular weight excluding hydrogens is 248 g/mol. The molecule has 0 saturated heterocycles. The number of hydrogen-bond acceptors (Lipinski definition) is 5. The zero-order valence-electron chi connectivity index (χ0n) is 11.0. The average Bonchev–Trinajstić information content (AvgIpc) is 2.40. The van der Waals surface area contributed by atoms with Crippen molar-refractivity contribution in [3.05, 3.63) is 29.3 Å². The Kier molecular flexibility index (Phi) is 5.47. The topological polar surface area (TPSA) is 102 Å². The molecule has 19 heavy (non-hydrogen) atoms. The number of hydrogen-bond donors (Lipinski definition) is 3. The predicted octanol–water partition coefficient (Wildman–Crippen LogP) is 0.430. The lowest BCUT2D eigenvalue weighted by molar-refractivity contribution is -0.118. The van der Waals surface area contributed by atoms with E-state index in [1.165, 1.54) is 0 Å². The summed E-state index contributed by atoms with van der Waals surface area (Å²) in [5.41, 5.74) is 7.07. The first-order chi connectivity index (χ1) is 8.99. The summed E-state index contributed by atoms with van der Waals surface area (Å²) < 4.78 is 4.88. The Labute approximate surface area is 111 Å². The number of aryl methyl sites for hydroxylation is 1. The first-order valence-electron chi connectivity index (χ1n) is 5.94. The van der Waals surface area contributed by atoms with Crippen molar-refractivity contribution in [1.82, 2.24) is 0 Å². The summed E-state index contributed by atoms with van der Waals surface area (Å²) in [6.45, 7) is 3.37. The Morgan fingerprint density at radius 1 is 1.47 bits per heavy atom. The van der Waals surface area contributed by atoms with Crippen LogP contribution < -0.4 is 11.1 Å². The van der Waals surface area contributed by atoms with Gasteiger partial charge < -0.3 is 20.9 Å². The largest absolute Gasteiger partial charge is 0.462 e. The summed E-state index contributed by atoms with van der Waals surface area (Å²) in [5, 5.41) is 11.4. The maximum absolute atomic E-state index is 11.5. The van der Waals surface area contributed by atoms with Gasteiger partial charge in [0.25, 0.3) is 0 Å². The van der Waals surface area contributed by atoms with Crippen LogP contribution in [0.4, 0.5) is 5.69 Å². The Morgan fingerprint density at radius 2 is 2.16 bits per heavy atom. The third-order valence-corrected chi connectivity index (χ3v) is 2.53. The molecule has 6 heteroatoms. The molecule has 1 amide bonds. The minimum atomic E-state index is -0.968. The molecule has 104 valence electrons. The van der Waals surface area contributed by atoms with E-state index < -0.39 is 24.5 Å². The van der Waals surface area contributed by atoms with E-state index >= 15 is 0 Å². The van der Waals surface area contributed by atoms with Crippen LogP contribution in [0.5, 0.6) is 0 Å². The summed E-state index contributed by atoms with van der Waals surface area (Å²) in [4.78, 5) is 23.1. The molecule has 1 unspecified atom stereocenters. The summed E-state index contributed by atoms with van der Waals surface area (Å²) in [6, 6.07) is 3.82. The van der Waals surface area contributed by atoms with E-state index in [1.54, 1.807) is 32.0 Å². The van der Waals surface area contributed by atoms with E-state index in [2.05, 4.69) is 5.32 Å². The minimum absolute atomic E-state index is 0.307. The van der Waals surface area contributed by atoms with Crippen molar-refractivity contribution in [3.8, 4) is 0 Å². The molecule has 6 nitrogen and oxygen atoms in total. The third kappa shape index (κ3) is 4.04. The van der Waals surface area contributed by atoms with Crippen LogP contribution in [-0.4, -0.2) is 36.2 Å². The standard InChI is InChI=1S/C13H18N2O4/c1-3-19-13(18)9-4-5-11(8(2)6-9)15-12(17)10(14)7-16/h4-6,10,16H,3,7,14H2,1-2H3,(H,15,17). The van der Waals surface area contributed by atoms with Gasteiger partial charge in [0.15, 0.2) is 0 Å². The van der Waals surface area contributed by atoms with Gasteiger partial charge in [0.05, 0.1) is 18.8 Å². The number of carbonyl (C=O) groups is 2. The molecule has 0 bridgehead atoms. The van der Waals surface area contributed by atoms with E-state index in [9.17, 15) is 9.59 Å². The SMILES string of the molecule is CCOC(=O)c1ccc(NC(=O)C(N)CO)c(C)c1. The van der Waals surface area contributed by atoms with Gasteiger partial charge in [-0.15, -0.1) is 0 Å². The number of carbonyl (C=O) groups excluding carboxylic acids is 2. The molecule has 0 aliphatic rings. The van der Waals surface area contributed by atoms with E-state index in [1.807, 2.05) is 0 Å². The maximum Gasteiger partial charge on any atom is 0.338 e. The summed E-state index contributed by atoms with van der Waals surface area (Å²) in [7, 11) is 0. The van der Waals surface area contributed by atoms with Gasteiger partial charge in [-0.05, 0) is 37.6 Å². The molecule has 1 atom stereocenters. The number of aliphatic hydroxyl groups excluding tert-OH is 1. The van der Waals surface area contributed by atoms with Crippen LogP contribution in [0.3, 0.4) is 0 Å². The second-order valence-electron chi connectivity index (χ2n) is 4.03. The van der Waals surface area contributed by atoms with Gasteiger partial charge in [-0.1, -0.05) is 0 Å². The van der Waals surface area contributed by atoms with Crippen molar-refractivity contribution >= 4 is 17.6 Å². The number of ether oxygens (including phenoxy) is 1. The van der Waals surface area contributed by atoms with Crippen LogP contribution >= 0.6 is 0 Å². The van der Waals surface area contributed by atoms with E-state index in [-0.39, 0.29) is 0 Å². The lowest BCUT2D eigenvalue weighted by Crippen LogP contribution is -2.38. The molecule has 0 spiro atoms. The predicted molar refractivity (Wildman–Crippen MR) is 70.8 cm³/mol. The number of nitrogens with one attached hydrogen (secondary N) is 1. The monoisotopic (exact) mass is 266 g/mol. The van der Waals surface area contributed by atoms with Gasteiger partial charge in [0.2, 0.25) is 5.91 Å². The molecule has 1 aromatic carbocycles. The number of aliphatic hydroxyl groups is 1. The second kappa shape index (κ2) is 6.86. The molecule has 4 N–H and O–H groups in total. The highest BCUT2D eigenvalue weighted by Crippen LogP contribution is 2.17. The molecule has 0 aromatic heterocycles. The fourth-order valence-corrected chi connectivity index (χ4v) is 1.45. The van der Waals surface area contributed by atoms with Crippen molar-refractivity contribution < 1.29 is 19.4 Å². The summed E-state index contributed by atoms with van der Waals surface area (Å²) in [5.74, 6) is -0.884. The molecule has 0 radical (unpaired) electrons. The first kappa shape index (κ1) is 15.1. The van der Waals surface area contributed by atoms with Crippen molar-refractivity contribution in [2.45, 2.75) is 19.9 Å². The Balaban J connectivity index is 2.83. The fraction of sp³-hybridized carbons (Fsp3) is 0.385. The molecule has 0 aliphatic carbocycles. The Hall–Kier alpha value is -1.92. The highest BCUT2D eigenvalue weighted by atomic mass is 16.5. The number of esters is 1. The third-order valence-electron chi connectivity index (χ3n) is 2.53. The fourth-order valence-electron chi connectivity index (χ4n) is 1.45. The van der Waals surface area contributed by atoms with Crippen LogP contribution in [0.2, 0.25) is 0 Å². The molecule has 0 fully saturated rings. The maximum atomic E-state index is 11.5. The number of nitrogens with two attached hydrogens (primary N) is 1. The molecule has 1 rings (SSSR count). The Bertz CT molecular complexity index is 474. The summed E-state index contributed by atoms with van der Waals surface area (Å²) >= 11 is 0. The Morgan fingerprint density at radius 3 is 2.68 bits per heavy atom. The highest BCUT2D eigenvalue weighted by molar-refractivity contribution is 5.96. The summed E-state index contributed by atoms with van der Waals surface area (Å²) in [6.07, 6.45) is 0. The molecular formula is C13H18N2O4. The van der Waals surface area contributed by atoms with Gasteiger partial charge in [-0.2, -0.15) is 0 Å². The van der Waals surface area contributed by atoms with Gasteiger partial charge in [0.1, 0.15) is 6.04 Å². The van der Waals surface area contributed by atoms with Crippen molar-refractivity contribution in [2.24, 2.45) is 5.73 Å². The number of rotatable bonds is 5. The molecule has 0 saturated carbocycles. The lowest BCUT2D eigenvalue weighted by atomic mass is 10.1. The number of amides is 1. The molecule has 0 aliphatic heterocycles. The van der Waals surface area contributed by atoms with E-state index in [0.717, 1.165) is 0 Å². The lowest BCUT2D eigenvalue weighted by Gasteiger charge is -2.12. The van der Waals surface area contributed by atoms with Crippen LogP contribution in [-0.2, 0) is 9.53 Å². The van der Waals surface area contributed by atoms with Crippen LogP contribution in [0.15, 0.2) is 18.2 Å². The highest BCUT2D eigenvalue weighted by Gasteiger charge is 2.14. The van der Waals surface area contributed by atoms with Gasteiger partial charge in [0, 0.05) is 5.69 Å². The normalized spacial score (nSPS) is 11.8. The first-order valence-corrected chi connectivity index (χ1v) is 5.94. The van der Waals surface area contributed by atoms with Gasteiger partial charge in [-0.25, -0.2) is 4.79 Å². The van der Waals surface area contributed by atoms with Crippen LogP contribution in [0.1, 0.15) is 22.8 Å². The second-order valence-corrected chi connectivity index (χ2v) is 4.03. The minimum Gasteiger partial charge on any atom is -0.462 e. The van der Waals surface area contributed by atoms with Gasteiger partial charge in [-0.3, -0.25) is 4.79 Å². The van der Waals surface area contributed by atoms with Gasteiger partial charge >= 0.3 is 5.97 Å². The van der Waals surface area contributed by atoms with Crippen molar-refractivity contribution in [1.29, 1.82) is 0 Å². The molecule has 0 heterocycles. The zero-order chi connectivity index (χ0) is 14.4. The van der Waals surface area contributed by atoms with Crippen LogP contribution in [0.25, 0.3) is 0 Å². The van der Waals surface area contributed by atoms with E-state index in [4.69, 9.17) is 15.6 Å².